The molecule has 0 spiro atoms. The molecule has 1 aliphatic carbocycles. The molecule has 1 heteroatoms. The summed E-state index contributed by atoms with van der Waals surface area (Å²) in [6.07, 6.45) is 0. The van der Waals surface area contributed by atoms with Crippen molar-refractivity contribution >= 4 is 10.8 Å². The van der Waals surface area contributed by atoms with Crippen molar-refractivity contribution in [3.8, 4) is 17.2 Å². The molecule has 0 N–H and O–H groups in total. The fourth-order valence-corrected chi connectivity index (χ4v) is 3.38. The minimum atomic E-state index is -0.546. The van der Waals surface area contributed by atoms with Crippen LogP contribution in [0.4, 0.5) is 0 Å². The SMILES string of the molecule is CC1(C#N)c2ccccc2-c2c1ccc1ccccc21. The summed E-state index contributed by atoms with van der Waals surface area (Å²) in [5.41, 5.74) is 4.12. The summed E-state index contributed by atoms with van der Waals surface area (Å²) >= 11 is 0. The number of benzene rings is 3. The second kappa shape index (κ2) is 3.71. The maximum absolute atomic E-state index is 9.74. The largest absolute Gasteiger partial charge is 0.197 e. The number of hydrogen-bond donors (Lipinski definition) is 0. The molecule has 0 aliphatic heterocycles. The Labute approximate surface area is 118 Å². The van der Waals surface area contributed by atoms with Gasteiger partial charge in [-0.15, -0.1) is 0 Å². The second-order valence-electron chi connectivity index (χ2n) is 5.49. The van der Waals surface area contributed by atoms with Gasteiger partial charge < -0.3 is 0 Å². The van der Waals surface area contributed by atoms with E-state index in [-0.39, 0.29) is 0 Å². The smallest absolute Gasteiger partial charge is 0.106 e. The maximum Gasteiger partial charge on any atom is 0.106 e. The minimum Gasteiger partial charge on any atom is -0.197 e. The Morgan fingerprint density at radius 1 is 0.850 bits per heavy atom. The summed E-state index contributed by atoms with van der Waals surface area (Å²) in [7, 11) is 0. The standard InChI is InChI=1S/C19H13N/c1-19(12-20)16-9-5-4-8-15(16)18-14-7-3-2-6-13(14)10-11-17(18)19/h2-11H,1H3. The van der Waals surface area contributed by atoms with Crippen molar-refractivity contribution < 1.29 is 0 Å². The summed E-state index contributed by atoms with van der Waals surface area (Å²) in [5.74, 6) is 0. The third-order valence-electron chi connectivity index (χ3n) is 4.43. The van der Waals surface area contributed by atoms with Gasteiger partial charge in [-0.05, 0) is 39.9 Å². The van der Waals surface area contributed by atoms with Crippen molar-refractivity contribution in [2.45, 2.75) is 12.3 Å². The van der Waals surface area contributed by atoms with E-state index in [0.29, 0.717) is 0 Å². The summed E-state index contributed by atoms with van der Waals surface area (Å²) in [5, 5.41) is 12.2. The van der Waals surface area contributed by atoms with Gasteiger partial charge in [0.1, 0.15) is 5.41 Å². The van der Waals surface area contributed by atoms with E-state index in [1.807, 2.05) is 19.1 Å². The van der Waals surface area contributed by atoms with Crippen LogP contribution in [-0.4, -0.2) is 0 Å². The van der Waals surface area contributed by atoms with Crippen molar-refractivity contribution in [3.05, 3.63) is 71.8 Å². The van der Waals surface area contributed by atoms with Crippen molar-refractivity contribution in [1.29, 1.82) is 5.26 Å². The predicted octanol–water partition coefficient (Wildman–Crippen LogP) is 4.65. The molecule has 1 aliphatic rings. The monoisotopic (exact) mass is 255 g/mol. The molecule has 94 valence electrons. The van der Waals surface area contributed by atoms with E-state index in [2.05, 4.69) is 54.6 Å². The van der Waals surface area contributed by atoms with E-state index < -0.39 is 5.41 Å². The third kappa shape index (κ3) is 1.21. The van der Waals surface area contributed by atoms with Crippen molar-refractivity contribution in [2.24, 2.45) is 0 Å². The minimum absolute atomic E-state index is 0.546. The van der Waals surface area contributed by atoms with Crippen LogP contribution >= 0.6 is 0 Å². The van der Waals surface area contributed by atoms with E-state index in [9.17, 15) is 5.26 Å². The highest BCUT2D eigenvalue weighted by atomic mass is 14.4. The van der Waals surface area contributed by atoms with Crippen molar-refractivity contribution in [3.63, 3.8) is 0 Å². The Morgan fingerprint density at radius 2 is 1.60 bits per heavy atom. The van der Waals surface area contributed by atoms with Gasteiger partial charge in [-0.25, -0.2) is 0 Å². The van der Waals surface area contributed by atoms with Gasteiger partial charge in [0.15, 0.2) is 0 Å². The Morgan fingerprint density at radius 3 is 2.45 bits per heavy atom. The first-order chi connectivity index (χ1) is 9.75. The van der Waals surface area contributed by atoms with Gasteiger partial charge in [-0.3, -0.25) is 0 Å². The first kappa shape index (κ1) is 11.3. The topological polar surface area (TPSA) is 23.8 Å². The van der Waals surface area contributed by atoms with Gasteiger partial charge in [0.2, 0.25) is 0 Å². The number of hydrogen-bond acceptors (Lipinski definition) is 1. The molecule has 1 atom stereocenters. The van der Waals surface area contributed by atoms with E-state index >= 15 is 0 Å². The highest BCUT2D eigenvalue weighted by Gasteiger charge is 2.40. The molecular formula is C19H13N. The zero-order valence-electron chi connectivity index (χ0n) is 11.2. The Kier molecular flexibility index (Phi) is 2.09. The number of nitriles is 1. The zero-order chi connectivity index (χ0) is 13.7. The highest BCUT2D eigenvalue weighted by Crippen LogP contribution is 2.50. The molecule has 20 heavy (non-hydrogen) atoms. The Balaban J connectivity index is 2.24. The third-order valence-corrected chi connectivity index (χ3v) is 4.43. The average Bonchev–Trinajstić information content (AvgIpc) is 2.78. The van der Waals surface area contributed by atoms with Crippen molar-refractivity contribution in [1.82, 2.24) is 0 Å². The van der Waals surface area contributed by atoms with Gasteiger partial charge in [0.05, 0.1) is 6.07 Å². The summed E-state index contributed by atoms with van der Waals surface area (Å²) in [4.78, 5) is 0. The summed E-state index contributed by atoms with van der Waals surface area (Å²) in [6, 6.07) is 23.4. The van der Waals surface area contributed by atoms with E-state index in [1.165, 1.54) is 21.9 Å². The van der Waals surface area contributed by atoms with E-state index in [1.54, 1.807) is 0 Å². The number of rotatable bonds is 0. The quantitative estimate of drug-likeness (QED) is 0.573. The van der Waals surface area contributed by atoms with Gasteiger partial charge in [0, 0.05) is 0 Å². The molecule has 1 nitrogen and oxygen atoms in total. The lowest BCUT2D eigenvalue weighted by Crippen LogP contribution is -2.17. The fraction of sp³-hybridized carbons (Fsp3) is 0.105. The molecule has 0 saturated carbocycles. The van der Waals surface area contributed by atoms with Gasteiger partial charge >= 0.3 is 0 Å². The average molecular weight is 255 g/mol. The predicted molar refractivity (Wildman–Crippen MR) is 81.5 cm³/mol. The van der Waals surface area contributed by atoms with Crippen LogP contribution in [0.25, 0.3) is 21.9 Å². The van der Waals surface area contributed by atoms with Gasteiger partial charge in [0.25, 0.3) is 0 Å². The van der Waals surface area contributed by atoms with Crippen LogP contribution in [-0.2, 0) is 5.41 Å². The lowest BCUT2D eigenvalue weighted by molar-refractivity contribution is 0.765. The maximum atomic E-state index is 9.74. The number of nitrogens with zero attached hydrogens (tertiary/aromatic N) is 1. The normalized spacial score (nSPS) is 19.4. The Bertz CT molecular complexity index is 886. The van der Waals surface area contributed by atoms with Crippen LogP contribution in [0.2, 0.25) is 0 Å². The lowest BCUT2D eigenvalue weighted by atomic mass is 9.81. The molecule has 3 aromatic rings. The fourth-order valence-electron chi connectivity index (χ4n) is 3.38. The molecule has 1 unspecified atom stereocenters. The molecule has 0 fully saturated rings. The molecule has 3 aromatic carbocycles. The summed E-state index contributed by atoms with van der Waals surface area (Å²) < 4.78 is 0. The second-order valence-corrected chi connectivity index (χ2v) is 5.49. The Hall–Kier alpha value is -2.59. The summed E-state index contributed by atoms with van der Waals surface area (Å²) in [6.45, 7) is 2.02. The lowest BCUT2D eigenvalue weighted by Gasteiger charge is -2.18. The first-order valence-corrected chi connectivity index (χ1v) is 6.79. The van der Waals surface area contributed by atoms with Crippen LogP contribution in [0.5, 0.6) is 0 Å². The molecule has 0 amide bonds. The van der Waals surface area contributed by atoms with Crippen LogP contribution in [0.15, 0.2) is 60.7 Å². The number of fused-ring (bicyclic) bond motifs is 5. The van der Waals surface area contributed by atoms with Crippen LogP contribution in [0.3, 0.4) is 0 Å². The molecular weight excluding hydrogens is 242 g/mol. The molecule has 0 radical (unpaired) electrons. The molecule has 0 heterocycles. The molecule has 0 bridgehead atoms. The molecule has 0 aromatic heterocycles. The van der Waals surface area contributed by atoms with Crippen LogP contribution in [0.1, 0.15) is 18.1 Å². The van der Waals surface area contributed by atoms with Crippen molar-refractivity contribution in [2.75, 3.05) is 0 Å². The van der Waals surface area contributed by atoms with E-state index in [4.69, 9.17) is 0 Å². The molecule has 0 saturated heterocycles. The van der Waals surface area contributed by atoms with E-state index in [0.717, 1.165) is 11.1 Å². The van der Waals surface area contributed by atoms with Gasteiger partial charge in [-0.1, -0.05) is 60.7 Å². The zero-order valence-corrected chi connectivity index (χ0v) is 11.2. The molecule has 4 rings (SSSR count). The van der Waals surface area contributed by atoms with Crippen LogP contribution in [0, 0.1) is 11.3 Å². The highest BCUT2D eigenvalue weighted by molar-refractivity contribution is 6.02. The van der Waals surface area contributed by atoms with Gasteiger partial charge in [-0.2, -0.15) is 5.26 Å². The van der Waals surface area contributed by atoms with Crippen LogP contribution < -0.4 is 0 Å². The first-order valence-electron chi connectivity index (χ1n) is 6.79.